The van der Waals surface area contributed by atoms with E-state index in [1.54, 1.807) is 32.7 Å². The molecule has 1 heterocycles. The van der Waals surface area contributed by atoms with Crippen LogP contribution in [0, 0.1) is 0 Å². The summed E-state index contributed by atoms with van der Waals surface area (Å²) >= 11 is 1.57. The van der Waals surface area contributed by atoms with Crippen molar-refractivity contribution in [2.45, 2.75) is 13.2 Å². The van der Waals surface area contributed by atoms with E-state index in [-0.39, 0.29) is 0 Å². The molecular formula is C16H22N2O4S. The summed E-state index contributed by atoms with van der Waals surface area (Å²) in [6, 6.07) is 5.54. The number of ether oxygens (including phenoxy) is 4. The Balaban J connectivity index is 1.92. The number of para-hydroxylation sites is 1. The van der Waals surface area contributed by atoms with Gasteiger partial charge in [-0.3, -0.25) is 0 Å². The molecule has 0 bridgehead atoms. The van der Waals surface area contributed by atoms with Gasteiger partial charge in [0.1, 0.15) is 11.6 Å². The van der Waals surface area contributed by atoms with Crippen LogP contribution in [-0.4, -0.2) is 39.5 Å². The average molecular weight is 338 g/mol. The summed E-state index contributed by atoms with van der Waals surface area (Å²) in [6.07, 6.45) is 0. The Morgan fingerprint density at radius 1 is 1.13 bits per heavy atom. The van der Waals surface area contributed by atoms with Gasteiger partial charge in [0, 0.05) is 25.6 Å². The van der Waals surface area contributed by atoms with Gasteiger partial charge in [-0.05, 0) is 12.1 Å². The maximum absolute atomic E-state index is 5.85. The average Bonchev–Trinajstić information content (AvgIpc) is 3.04. The molecule has 23 heavy (non-hydrogen) atoms. The van der Waals surface area contributed by atoms with Gasteiger partial charge in [-0.25, -0.2) is 4.98 Å². The van der Waals surface area contributed by atoms with Crippen LogP contribution >= 0.6 is 11.3 Å². The molecular weight excluding hydrogens is 316 g/mol. The number of hydrogen-bond acceptors (Lipinski definition) is 7. The third-order valence-corrected chi connectivity index (χ3v) is 3.98. The van der Waals surface area contributed by atoms with Crippen molar-refractivity contribution in [3.63, 3.8) is 0 Å². The van der Waals surface area contributed by atoms with Gasteiger partial charge >= 0.3 is 0 Å². The van der Waals surface area contributed by atoms with E-state index >= 15 is 0 Å². The number of aromatic nitrogens is 1. The highest BCUT2D eigenvalue weighted by Crippen LogP contribution is 2.37. The summed E-state index contributed by atoms with van der Waals surface area (Å²) in [5.41, 5.74) is 0.997. The van der Waals surface area contributed by atoms with Crippen molar-refractivity contribution >= 4 is 11.3 Å². The predicted molar refractivity (Wildman–Crippen MR) is 89.6 cm³/mol. The van der Waals surface area contributed by atoms with E-state index in [2.05, 4.69) is 10.3 Å². The fourth-order valence-corrected chi connectivity index (χ4v) is 2.69. The van der Waals surface area contributed by atoms with Gasteiger partial charge in [0.15, 0.2) is 11.5 Å². The van der Waals surface area contributed by atoms with Crippen LogP contribution in [0.2, 0.25) is 0 Å². The van der Waals surface area contributed by atoms with Crippen molar-refractivity contribution in [3.05, 3.63) is 34.3 Å². The van der Waals surface area contributed by atoms with Crippen LogP contribution < -0.4 is 19.5 Å². The topological polar surface area (TPSA) is 61.8 Å². The molecule has 2 aromatic rings. The number of rotatable bonds is 10. The second kappa shape index (κ2) is 9.34. The fraction of sp³-hybridized carbons (Fsp3) is 0.438. The van der Waals surface area contributed by atoms with Gasteiger partial charge in [0.2, 0.25) is 5.75 Å². The zero-order valence-electron chi connectivity index (χ0n) is 13.6. The molecule has 0 unspecified atom stereocenters. The number of benzene rings is 1. The van der Waals surface area contributed by atoms with Crippen molar-refractivity contribution in [1.29, 1.82) is 0 Å². The highest BCUT2D eigenvalue weighted by Gasteiger charge is 2.12. The molecule has 0 radical (unpaired) electrons. The molecule has 0 fully saturated rings. The molecule has 0 amide bonds. The monoisotopic (exact) mass is 338 g/mol. The first-order valence-electron chi connectivity index (χ1n) is 7.25. The Morgan fingerprint density at radius 2 is 1.87 bits per heavy atom. The summed E-state index contributed by atoms with van der Waals surface area (Å²) in [6.45, 7) is 2.59. The number of nitrogens with zero attached hydrogens (tertiary/aromatic N) is 1. The second-order valence-electron chi connectivity index (χ2n) is 4.68. The van der Waals surface area contributed by atoms with Gasteiger partial charge in [0.05, 0.1) is 26.5 Å². The normalized spacial score (nSPS) is 10.6. The molecule has 0 spiro atoms. The van der Waals surface area contributed by atoms with Crippen molar-refractivity contribution in [3.8, 4) is 17.2 Å². The quantitative estimate of drug-likeness (QED) is 0.672. The Morgan fingerprint density at radius 3 is 2.52 bits per heavy atom. The van der Waals surface area contributed by atoms with Crippen LogP contribution in [0.5, 0.6) is 17.2 Å². The van der Waals surface area contributed by atoms with Crippen molar-refractivity contribution < 1.29 is 18.9 Å². The Kier molecular flexibility index (Phi) is 7.12. The van der Waals surface area contributed by atoms with Gasteiger partial charge in [-0.2, -0.15) is 0 Å². The molecule has 0 atom stereocenters. The van der Waals surface area contributed by atoms with Crippen LogP contribution in [0.25, 0.3) is 0 Å². The zero-order valence-corrected chi connectivity index (χ0v) is 14.4. The summed E-state index contributed by atoms with van der Waals surface area (Å²) < 4.78 is 21.5. The SMILES string of the molecule is COCCNCc1csc(COc2c(OC)cccc2OC)n1. The Bertz CT molecular complexity index is 581. The lowest BCUT2D eigenvalue weighted by Crippen LogP contribution is -2.18. The molecule has 1 aromatic carbocycles. The van der Waals surface area contributed by atoms with E-state index in [4.69, 9.17) is 18.9 Å². The number of hydrogen-bond donors (Lipinski definition) is 1. The van der Waals surface area contributed by atoms with Crippen molar-refractivity contribution in [1.82, 2.24) is 10.3 Å². The molecule has 1 aromatic heterocycles. The van der Waals surface area contributed by atoms with Crippen LogP contribution in [0.3, 0.4) is 0 Å². The zero-order chi connectivity index (χ0) is 16.5. The molecule has 0 saturated heterocycles. The molecule has 0 aliphatic rings. The Labute approximate surface area is 140 Å². The lowest BCUT2D eigenvalue weighted by molar-refractivity contribution is 0.199. The van der Waals surface area contributed by atoms with E-state index in [1.165, 1.54) is 0 Å². The van der Waals surface area contributed by atoms with E-state index in [0.29, 0.717) is 30.5 Å². The van der Waals surface area contributed by atoms with Crippen LogP contribution in [0.4, 0.5) is 0 Å². The molecule has 0 aliphatic carbocycles. The molecule has 6 nitrogen and oxygen atoms in total. The second-order valence-corrected chi connectivity index (χ2v) is 5.63. The first kappa shape index (κ1) is 17.5. The largest absolute Gasteiger partial charge is 0.493 e. The lowest BCUT2D eigenvalue weighted by Gasteiger charge is -2.13. The highest BCUT2D eigenvalue weighted by atomic mass is 32.1. The smallest absolute Gasteiger partial charge is 0.203 e. The number of nitrogens with one attached hydrogen (secondary N) is 1. The number of methoxy groups -OCH3 is 3. The first-order valence-corrected chi connectivity index (χ1v) is 8.13. The summed E-state index contributed by atoms with van der Waals surface area (Å²) in [5.74, 6) is 1.87. The predicted octanol–water partition coefficient (Wildman–Crippen LogP) is 2.48. The standard InChI is InChI=1S/C16H22N2O4S/c1-19-8-7-17-9-12-11-23-15(18-12)10-22-16-13(20-2)5-4-6-14(16)21-3/h4-6,11,17H,7-10H2,1-3H3. The van der Waals surface area contributed by atoms with Gasteiger partial charge in [0.25, 0.3) is 0 Å². The van der Waals surface area contributed by atoms with E-state index in [9.17, 15) is 0 Å². The molecule has 2 rings (SSSR count). The van der Waals surface area contributed by atoms with E-state index in [1.807, 2.05) is 23.6 Å². The summed E-state index contributed by atoms with van der Waals surface area (Å²) in [4.78, 5) is 4.54. The fourth-order valence-electron chi connectivity index (χ4n) is 1.98. The molecule has 0 saturated carbocycles. The third-order valence-electron chi connectivity index (χ3n) is 3.11. The van der Waals surface area contributed by atoms with Gasteiger partial charge in [-0.1, -0.05) is 6.07 Å². The van der Waals surface area contributed by atoms with Crippen LogP contribution in [0.1, 0.15) is 10.7 Å². The molecule has 126 valence electrons. The third kappa shape index (κ3) is 5.09. The minimum absolute atomic E-state index is 0.374. The summed E-state index contributed by atoms with van der Waals surface area (Å²) in [5, 5.41) is 6.19. The first-order chi connectivity index (χ1) is 11.3. The van der Waals surface area contributed by atoms with E-state index in [0.717, 1.165) is 23.8 Å². The maximum Gasteiger partial charge on any atom is 0.203 e. The minimum Gasteiger partial charge on any atom is -0.493 e. The molecule has 7 heteroatoms. The van der Waals surface area contributed by atoms with E-state index < -0.39 is 0 Å². The van der Waals surface area contributed by atoms with Crippen LogP contribution in [0.15, 0.2) is 23.6 Å². The van der Waals surface area contributed by atoms with Gasteiger partial charge in [-0.15, -0.1) is 11.3 Å². The van der Waals surface area contributed by atoms with Crippen molar-refractivity contribution in [2.75, 3.05) is 34.5 Å². The highest BCUT2D eigenvalue weighted by molar-refractivity contribution is 7.09. The minimum atomic E-state index is 0.374. The summed E-state index contributed by atoms with van der Waals surface area (Å²) in [7, 11) is 4.90. The van der Waals surface area contributed by atoms with Crippen molar-refractivity contribution in [2.24, 2.45) is 0 Å². The maximum atomic E-state index is 5.85. The number of thiazole rings is 1. The van der Waals surface area contributed by atoms with Crippen LogP contribution in [-0.2, 0) is 17.9 Å². The molecule has 1 N–H and O–H groups in total. The van der Waals surface area contributed by atoms with Gasteiger partial charge < -0.3 is 24.3 Å². The Hall–Kier alpha value is -1.83. The lowest BCUT2D eigenvalue weighted by atomic mass is 10.3. The molecule has 0 aliphatic heterocycles.